The number of benzene rings is 1. The fraction of sp³-hybridized carbons (Fsp3) is 0.188. The van der Waals surface area contributed by atoms with Gasteiger partial charge in [-0.2, -0.15) is 5.10 Å². The molecule has 0 saturated heterocycles. The van der Waals surface area contributed by atoms with Crippen molar-refractivity contribution in [3.8, 4) is 0 Å². The number of hydrogen-bond acceptors (Lipinski definition) is 4. The van der Waals surface area contributed by atoms with E-state index in [1.54, 1.807) is 6.07 Å². The maximum atomic E-state index is 13.7. The Kier molecular flexibility index (Phi) is 3.09. The van der Waals surface area contributed by atoms with E-state index >= 15 is 0 Å². The lowest BCUT2D eigenvalue weighted by Gasteiger charge is -2.09. The summed E-state index contributed by atoms with van der Waals surface area (Å²) in [5.74, 6) is -0.497. The first kappa shape index (κ1) is 14.1. The number of halogens is 2. The maximum absolute atomic E-state index is 13.7. The van der Waals surface area contributed by atoms with E-state index in [1.807, 2.05) is 0 Å². The minimum absolute atomic E-state index is 0.0773. The van der Waals surface area contributed by atoms with Crippen LogP contribution in [-0.2, 0) is 0 Å². The molecular formula is C16H12ClFN4O. The number of fused-ring (bicyclic) bond motifs is 1. The third-order valence-electron chi connectivity index (χ3n) is 4.07. The lowest BCUT2D eigenvalue weighted by Crippen LogP contribution is -2.10. The third kappa shape index (κ3) is 2.26. The van der Waals surface area contributed by atoms with Gasteiger partial charge >= 0.3 is 0 Å². The largest absolute Gasteiger partial charge is 0.397 e. The Labute approximate surface area is 135 Å². The number of aromatic amines is 1. The number of carbonyl (C=O) groups excluding carboxylic acids is 1. The fourth-order valence-corrected chi connectivity index (χ4v) is 3.01. The molecule has 3 N–H and O–H groups in total. The molecule has 1 saturated carbocycles. The molecule has 0 amide bonds. The van der Waals surface area contributed by atoms with Gasteiger partial charge in [-0.15, -0.1) is 0 Å². The van der Waals surface area contributed by atoms with Gasteiger partial charge in [0.25, 0.3) is 0 Å². The van der Waals surface area contributed by atoms with E-state index in [0.29, 0.717) is 16.5 Å². The van der Waals surface area contributed by atoms with E-state index in [-0.39, 0.29) is 22.5 Å². The van der Waals surface area contributed by atoms with Gasteiger partial charge in [-0.05, 0) is 42.5 Å². The summed E-state index contributed by atoms with van der Waals surface area (Å²) in [6, 6.07) is 4.33. The average molecular weight is 331 g/mol. The highest BCUT2D eigenvalue weighted by molar-refractivity contribution is 6.31. The van der Waals surface area contributed by atoms with E-state index < -0.39 is 11.6 Å². The first-order valence-corrected chi connectivity index (χ1v) is 7.56. The average Bonchev–Trinajstić information content (AvgIpc) is 3.25. The van der Waals surface area contributed by atoms with Crippen LogP contribution >= 0.6 is 11.6 Å². The van der Waals surface area contributed by atoms with Crippen LogP contribution in [0.15, 0.2) is 24.4 Å². The van der Waals surface area contributed by atoms with Gasteiger partial charge in [-0.3, -0.25) is 9.89 Å². The van der Waals surface area contributed by atoms with Crippen LogP contribution in [-0.4, -0.2) is 21.0 Å². The smallest absolute Gasteiger partial charge is 0.214 e. The second-order valence-electron chi connectivity index (χ2n) is 5.66. The van der Waals surface area contributed by atoms with Crippen molar-refractivity contribution in [1.29, 1.82) is 0 Å². The van der Waals surface area contributed by atoms with Gasteiger partial charge in [0.1, 0.15) is 22.2 Å². The van der Waals surface area contributed by atoms with Crippen molar-refractivity contribution in [2.45, 2.75) is 18.8 Å². The highest BCUT2D eigenvalue weighted by Crippen LogP contribution is 2.43. The summed E-state index contributed by atoms with van der Waals surface area (Å²) in [7, 11) is 0. The number of nitrogens with zero attached hydrogens (tertiary/aromatic N) is 2. The van der Waals surface area contributed by atoms with Crippen molar-refractivity contribution in [3.05, 3.63) is 52.2 Å². The quantitative estimate of drug-likeness (QED) is 0.569. The first-order valence-electron chi connectivity index (χ1n) is 7.18. The number of pyridine rings is 1. The molecule has 0 unspecified atom stereocenters. The van der Waals surface area contributed by atoms with Crippen LogP contribution in [0.2, 0.25) is 5.15 Å². The molecule has 23 heavy (non-hydrogen) atoms. The van der Waals surface area contributed by atoms with Crippen molar-refractivity contribution < 1.29 is 9.18 Å². The summed E-state index contributed by atoms with van der Waals surface area (Å²) in [5.41, 5.74) is 7.70. The number of hydrogen-bond donors (Lipinski definition) is 2. The second kappa shape index (κ2) is 5.03. The predicted molar refractivity (Wildman–Crippen MR) is 85.1 cm³/mol. The van der Waals surface area contributed by atoms with Gasteiger partial charge in [0.2, 0.25) is 5.78 Å². The zero-order chi connectivity index (χ0) is 16.1. The Morgan fingerprint density at radius 3 is 2.91 bits per heavy atom. The van der Waals surface area contributed by atoms with Crippen molar-refractivity contribution in [2.75, 3.05) is 5.73 Å². The summed E-state index contributed by atoms with van der Waals surface area (Å²) in [4.78, 5) is 17.0. The number of nitrogens with one attached hydrogen (secondary N) is 1. The van der Waals surface area contributed by atoms with E-state index in [1.165, 1.54) is 18.3 Å². The molecule has 5 nitrogen and oxygen atoms in total. The highest BCUT2D eigenvalue weighted by Gasteiger charge is 2.29. The summed E-state index contributed by atoms with van der Waals surface area (Å²) in [5, 5.41) is 7.02. The van der Waals surface area contributed by atoms with E-state index in [2.05, 4.69) is 15.2 Å². The van der Waals surface area contributed by atoms with E-state index in [0.717, 1.165) is 18.4 Å². The van der Waals surface area contributed by atoms with Crippen LogP contribution < -0.4 is 5.73 Å². The minimum atomic E-state index is -0.475. The van der Waals surface area contributed by atoms with Gasteiger partial charge in [-0.1, -0.05) is 11.6 Å². The molecule has 0 bridgehead atoms. The molecule has 1 aliphatic rings. The number of nitrogens with two attached hydrogens (primary N) is 1. The molecule has 2 heterocycles. The minimum Gasteiger partial charge on any atom is -0.397 e. The van der Waals surface area contributed by atoms with E-state index in [9.17, 15) is 9.18 Å². The normalized spacial score (nSPS) is 14.3. The fourth-order valence-electron chi connectivity index (χ4n) is 2.71. The number of H-pyrrole nitrogens is 1. The van der Waals surface area contributed by atoms with Crippen LogP contribution in [0.25, 0.3) is 10.9 Å². The molecule has 7 heteroatoms. The van der Waals surface area contributed by atoms with Crippen molar-refractivity contribution >= 4 is 34.0 Å². The molecule has 0 aliphatic heterocycles. The zero-order valence-corrected chi connectivity index (χ0v) is 12.7. The second-order valence-corrected chi connectivity index (χ2v) is 6.02. The van der Waals surface area contributed by atoms with Crippen molar-refractivity contribution in [1.82, 2.24) is 15.2 Å². The summed E-state index contributed by atoms with van der Waals surface area (Å²) in [6.07, 6.45) is 3.52. The topological polar surface area (TPSA) is 84.7 Å². The number of rotatable bonds is 3. The number of carbonyl (C=O) groups is 1. The number of aromatic nitrogens is 3. The lowest BCUT2D eigenvalue weighted by atomic mass is 10.0. The van der Waals surface area contributed by atoms with Gasteiger partial charge < -0.3 is 5.73 Å². The van der Waals surface area contributed by atoms with Crippen LogP contribution in [0, 0.1) is 5.82 Å². The molecule has 1 aliphatic carbocycles. The van der Waals surface area contributed by atoms with Crippen molar-refractivity contribution in [2.24, 2.45) is 0 Å². The highest BCUT2D eigenvalue weighted by atomic mass is 35.5. The molecule has 0 radical (unpaired) electrons. The SMILES string of the molecule is Nc1cc(C2CC2)c(Cl)nc1C(=O)c1ccc(F)c2[nH]ncc12. The molecule has 0 atom stereocenters. The summed E-state index contributed by atoms with van der Waals surface area (Å²) in [6.45, 7) is 0. The Hall–Kier alpha value is -2.47. The predicted octanol–water partition coefficient (Wildman–Crippen LogP) is 3.44. The zero-order valence-electron chi connectivity index (χ0n) is 11.9. The van der Waals surface area contributed by atoms with Crippen LogP contribution in [0.3, 0.4) is 0 Å². The third-order valence-corrected chi connectivity index (χ3v) is 4.38. The summed E-state index contributed by atoms with van der Waals surface area (Å²) < 4.78 is 13.7. The molecular weight excluding hydrogens is 319 g/mol. The van der Waals surface area contributed by atoms with Gasteiger partial charge in [-0.25, -0.2) is 9.37 Å². The van der Waals surface area contributed by atoms with Crippen LogP contribution in [0.5, 0.6) is 0 Å². The lowest BCUT2D eigenvalue weighted by molar-refractivity contribution is 0.103. The maximum Gasteiger partial charge on any atom is 0.214 e. The first-order chi connectivity index (χ1) is 11.1. The van der Waals surface area contributed by atoms with Crippen LogP contribution in [0.1, 0.15) is 40.4 Å². The van der Waals surface area contributed by atoms with E-state index in [4.69, 9.17) is 17.3 Å². The molecule has 0 spiro atoms. The van der Waals surface area contributed by atoms with Gasteiger partial charge in [0.05, 0.1) is 11.9 Å². The Balaban J connectivity index is 1.83. The van der Waals surface area contributed by atoms with Gasteiger partial charge in [0, 0.05) is 10.9 Å². The Morgan fingerprint density at radius 1 is 1.39 bits per heavy atom. The van der Waals surface area contributed by atoms with Gasteiger partial charge in [0.15, 0.2) is 0 Å². The summed E-state index contributed by atoms with van der Waals surface area (Å²) >= 11 is 6.19. The number of anilines is 1. The Morgan fingerprint density at radius 2 is 2.17 bits per heavy atom. The molecule has 116 valence electrons. The molecule has 4 rings (SSSR count). The molecule has 1 aromatic carbocycles. The standard InChI is InChI=1S/C16H12ClFN4O/c17-16-9(7-1-2-7)5-12(19)14(21-16)15(23)8-3-4-11(18)13-10(8)6-20-22-13/h3-7H,1-2,19H2,(H,20,22). The molecule has 2 aromatic heterocycles. The van der Waals surface area contributed by atoms with Crippen LogP contribution in [0.4, 0.5) is 10.1 Å². The number of ketones is 1. The molecule has 1 fully saturated rings. The molecule has 3 aromatic rings. The monoisotopic (exact) mass is 330 g/mol. The Bertz CT molecular complexity index is 949. The van der Waals surface area contributed by atoms with Crippen molar-refractivity contribution in [3.63, 3.8) is 0 Å². The number of nitrogen functional groups attached to an aromatic ring is 1.